The molecule has 0 bridgehead atoms. The van der Waals surface area contributed by atoms with E-state index in [1.54, 1.807) is 0 Å². The molecule has 4 rings (SSSR count). The predicted molar refractivity (Wildman–Crippen MR) is 111 cm³/mol. The number of aryl methyl sites for hydroxylation is 1. The Bertz CT molecular complexity index is 797. The topological polar surface area (TPSA) is 62.8 Å². The number of fused-ring (bicyclic) bond motifs is 1. The maximum atomic E-state index is 12.8. The number of amides is 1. The Balaban J connectivity index is 1.32. The number of H-pyrrole nitrogens is 1. The number of likely N-dealkylation sites (N-methyl/N-ethyl adjacent to an activating group) is 1. The lowest BCUT2D eigenvalue weighted by atomic mass is 9.96. The number of likely N-dealkylation sites (tertiary alicyclic amines) is 1. The number of hydrogen-bond acceptors (Lipinski definition) is 4. The van der Waals surface area contributed by atoms with Crippen LogP contribution in [0.3, 0.4) is 0 Å². The Morgan fingerprint density at radius 3 is 2.68 bits per heavy atom. The number of aromatic amines is 1. The van der Waals surface area contributed by atoms with Crippen LogP contribution in [0.2, 0.25) is 0 Å². The molecule has 2 saturated heterocycles. The highest BCUT2D eigenvalue weighted by Gasteiger charge is 2.35. The molecule has 28 heavy (non-hydrogen) atoms. The molecule has 6 heteroatoms. The molecule has 2 aliphatic rings. The Labute approximate surface area is 167 Å². The van der Waals surface area contributed by atoms with E-state index in [1.165, 1.54) is 10.9 Å². The van der Waals surface area contributed by atoms with Crippen molar-refractivity contribution >= 4 is 16.8 Å². The molecule has 2 atom stereocenters. The van der Waals surface area contributed by atoms with Gasteiger partial charge in [0.2, 0.25) is 5.91 Å². The maximum Gasteiger partial charge on any atom is 0.222 e. The van der Waals surface area contributed by atoms with Crippen LogP contribution in [0.5, 0.6) is 0 Å². The van der Waals surface area contributed by atoms with Gasteiger partial charge in [0.05, 0.1) is 0 Å². The van der Waals surface area contributed by atoms with Crippen LogP contribution in [0, 0.1) is 11.8 Å². The van der Waals surface area contributed by atoms with E-state index < -0.39 is 0 Å². The number of benzene rings is 1. The maximum absolute atomic E-state index is 12.8. The summed E-state index contributed by atoms with van der Waals surface area (Å²) in [5, 5.41) is 11.0. The second-order valence-electron chi connectivity index (χ2n) is 8.46. The molecule has 0 unspecified atom stereocenters. The standard InChI is InChI=1S/C22H32N4O2/c1-24-8-10-25(11-9-24)13-18-14-26(15-19(18)16-27)22(28)7-6-17-12-23-21-5-3-2-4-20(17)21/h2-5,12,18-19,23,27H,6-11,13-16H2,1H3/t18-,19-/m1/s1. The minimum absolute atomic E-state index is 0.171. The molecule has 1 aromatic heterocycles. The second kappa shape index (κ2) is 8.64. The zero-order chi connectivity index (χ0) is 19.5. The van der Waals surface area contributed by atoms with Gasteiger partial charge in [-0.1, -0.05) is 18.2 Å². The van der Waals surface area contributed by atoms with Crippen molar-refractivity contribution in [1.82, 2.24) is 19.7 Å². The minimum Gasteiger partial charge on any atom is -0.396 e. The van der Waals surface area contributed by atoms with Gasteiger partial charge < -0.3 is 24.8 Å². The molecule has 2 fully saturated rings. The highest BCUT2D eigenvalue weighted by molar-refractivity contribution is 5.84. The summed E-state index contributed by atoms with van der Waals surface area (Å²) in [4.78, 5) is 23.0. The van der Waals surface area contributed by atoms with Crippen LogP contribution in [0.4, 0.5) is 0 Å². The Morgan fingerprint density at radius 1 is 1.14 bits per heavy atom. The summed E-state index contributed by atoms with van der Waals surface area (Å²) in [6, 6.07) is 8.23. The number of carbonyl (C=O) groups is 1. The molecule has 1 aromatic carbocycles. The van der Waals surface area contributed by atoms with Crippen molar-refractivity contribution in [3.63, 3.8) is 0 Å². The van der Waals surface area contributed by atoms with Gasteiger partial charge in [-0.05, 0) is 31.0 Å². The van der Waals surface area contributed by atoms with Crippen LogP contribution < -0.4 is 0 Å². The summed E-state index contributed by atoms with van der Waals surface area (Å²) in [6.07, 6.45) is 3.31. The van der Waals surface area contributed by atoms with Gasteiger partial charge in [-0.15, -0.1) is 0 Å². The molecule has 1 amide bonds. The molecule has 2 aliphatic heterocycles. The lowest BCUT2D eigenvalue weighted by molar-refractivity contribution is -0.130. The molecule has 3 heterocycles. The number of aliphatic hydroxyl groups excluding tert-OH is 1. The molecule has 0 saturated carbocycles. The summed E-state index contributed by atoms with van der Waals surface area (Å²) in [5.74, 6) is 0.798. The molecule has 6 nitrogen and oxygen atoms in total. The zero-order valence-electron chi connectivity index (χ0n) is 16.8. The van der Waals surface area contributed by atoms with Gasteiger partial charge in [-0.3, -0.25) is 4.79 Å². The first kappa shape index (κ1) is 19.4. The fraction of sp³-hybridized carbons (Fsp3) is 0.591. The number of nitrogens with one attached hydrogen (secondary N) is 1. The normalized spacial score (nSPS) is 24.3. The van der Waals surface area contributed by atoms with Crippen LogP contribution in [0.1, 0.15) is 12.0 Å². The van der Waals surface area contributed by atoms with E-state index in [0.29, 0.717) is 18.9 Å². The van der Waals surface area contributed by atoms with Gasteiger partial charge in [0.15, 0.2) is 0 Å². The third kappa shape index (κ3) is 4.24. The quantitative estimate of drug-likeness (QED) is 0.791. The Morgan fingerprint density at radius 2 is 1.89 bits per heavy atom. The molecular weight excluding hydrogens is 352 g/mol. The fourth-order valence-corrected chi connectivity index (χ4v) is 4.66. The third-order valence-corrected chi connectivity index (χ3v) is 6.54. The Hall–Kier alpha value is -1.89. The van der Waals surface area contributed by atoms with E-state index in [-0.39, 0.29) is 18.4 Å². The highest BCUT2D eigenvalue weighted by atomic mass is 16.3. The SMILES string of the molecule is CN1CCN(C[C@@H]2CN(C(=O)CCc3c[nH]c4ccccc34)C[C@@H]2CO)CC1. The molecular formula is C22H32N4O2. The molecule has 0 aliphatic carbocycles. The molecule has 0 radical (unpaired) electrons. The number of hydrogen-bond donors (Lipinski definition) is 2. The van der Waals surface area contributed by atoms with Crippen molar-refractivity contribution in [3.05, 3.63) is 36.0 Å². The van der Waals surface area contributed by atoms with Crippen LogP contribution >= 0.6 is 0 Å². The van der Waals surface area contributed by atoms with Gasteiger partial charge in [0, 0.05) is 81.9 Å². The lowest BCUT2D eigenvalue weighted by Gasteiger charge is -2.34. The van der Waals surface area contributed by atoms with Crippen molar-refractivity contribution in [3.8, 4) is 0 Å². The van der Waals surface area contributed by atoms with Gasteiger partial charge >= 0.3 is 0 Å². The number of nitrogens with zero attached hydrogens (tertiary/aromatic N) is 3. The smallest absolute Gasteiger partial charge is 0.222 e. The van der Waals surface area contributed by atoms with Crippen LogP contribution in [0.15, 0.2) is 30.5 Å². The van der Waals surface area contributed by atoms with Crippen LogP contribution in [-0.2, 0) is 11.2 Å². The Kier molecular flexibility index (Phi) is 5.99. The summed E-state index contributed by atoms with van der Waals surface area (Å²) < 4.78 is 0. The zero-order valence-corrected chi connectivity index (χ0v) is 16.8. The first-order valence-electron chi connectivity index (χ1n) is 10.5. The van der Waals surface area contributed by atoms with Gasteiger partial charge in [0.25, 0.3) is 0 Å². The summed E-state index contributed by atoms with van der Waals surface area (Å²) >= 11 is 0. The molecule has 152 valence electrons. The fourth-order valence-electron chi connectivity index (χ4n) is 4.66. The second-order valence-corrected chi connectivity index (χ2v) is 8.46. The van der Waals surface area contributed by atoms with Gasteiger partial charge in [-0.25, -0.2) is 0 Å². The van der Waals surface area contributed by atoms with E-state index in [1.807, 2.05) is 23.2 Å². The van der Waals surface area contributed by atoms with Crippen molar-refractivity contribution in [2.24, 2.45) is 11.8 Å². The van der Waals surface area contributed by atoms with Crippen molar-refractivity contribution in [2.45, 2.75) is 12.8 Å². The largest absolute Gasteiger partial charge is 0.396 e. The number of aliphatic hydroxyl groups is 1. The molecule has 2 N–H and O–H groups in total. The summed E-state index contributed by atoms with van der Waals surface area (Å²) in [7, 11) is 2.16. The number of carbonyl (C=O) groups excluding carboxylic acids is 1. The van der Waals surface area contributed by atoms with Crippen molar-refractivity contribution < 1.29 is 9.90 Å². The summed E-state index contributed by atoms with van der Waals surface area (Å²) in [6.45, 7) is 7.01. The number of para-hydroxylation sites is 1. The van der Waals surface area contributed by atoms with E-state index in [4.69, 9.17) is 0 Å². The lowest BCUT2D eigenvalue weighted by Crippen LogP contribution is -2.47. The van der Waals surface area contributed by atoms with Gasteiger partial charge in [-0.2, -0.15) is 0 Å². The van der Waals surface area contributed by atoms with E-state index >= 15 is 0 Å². The average Bonchev–Trinajstić information content (AvgIpc) is 3.32. The van der Waals surface area contributed by atoms with Crippen molar-refractivity contribution in [2.75, 3.05) is 59.5 Å². The summed E-state index contributed by atoms with van der Waals surface area (Å²) in [5.41, 5.74) is 2.33. The van der Waals surface area contributed by atoms with Crippen LogP contribution in [0.25, 0.3) is 10.9 Å². The monoisotopic (exact) mass is 384 g/mol. The van der Waals surface area contributed by atoms with Crippen molar-refractivity contribution in [1.29, 1.82) is 0 Å². The molecule has 2 aromatic rings. The average molecular weight is 385 g/mol. The number of piperazine rings is 1. The number of aromatic nitrogens is 1. The third-order valence-electron chi connectivity index (χ3n) is 6.54. The first-order chi connectivity index (χ1) is 13.6. The van der Waals surface area contributed by atoms with Gasteiger partial charge in [0.1, 0.15) is 0 Å². The minimum atomic E-state index is 0.171. The van der Waals surface area contributed by atoms with Crippen LogP contribution in [-0.4, -0.2) is 90.2 Å². The highest BCUT2D eigenvalue weighted by Crippen LogP contribution is 2.26. The van der Waals surface area contributed by atoms with E-state index in [2.05, 4.69) is 34.0 Å². The first-order valence-corrected chi connectivity index (χ1v) is 10.5. The predicted octanol–water partition coefficient (Wildman–Crippen LogP) is 1.41. The molecule has 0 spiro atoms. The van der Waals surface area contributed by atoms with E-state index in [0.717, 1.165) is 51.2 Å². The van der Waals surface area contributed by atoms with E-state index in [9.17, 15) is 9.90 Å². The number of rotatable bonds is 6.